The Morgan fingerprint density at radius 1 is 1.50 bits per heavy atom. The van der Waals surface area contributed by atoms with Gasteiger partial charge in [0.25, 0.3) is 0 Å². The van der Waals surface area contributed by atoms with Crippen molar-refractivity contribution in [3.8, 4) is 0 Å². The zero-order chi connectivity index (χ0) is 16.3. The van der Waals surface area contributed by atoms with Crippen LogP contribution in [-0.4, -0.2) is 39.2 Å². The first-order chi connectivity index (χ1) is 10.3. The molecule has 22 heavy (non-hydrogen) atoms. The predicted octanol–water partition coefficient (Wildman–Crippen LogP) is 2.80. The largest absolute Gasteiger partial charge is 0.296 e. The molecule has 0 aliphatic carbocycles. The first kappa shape index (κ1) is 17.7. The fourth-order valence-corrected chi connectivity index (χ4v) is 3.60. The summed E-state index contributed by atoms with van der Waals surface area (Å²) in [5.74, 6) is -0.117. The number of piperidine rings is 1. The van der Waals surface area contributed by atoms with Crippen LogP contribution in [0.2, 0.25) is 5.02 Å². The minimum atomic E-state index is -3.15. The number of nitrogens with zero attached hydrogens (tertiary/aromatic N) is 1. The Balaban J connectivity index is 2.00. The molecule has 0 radical (unpaired) electrons. The number of likely N-dealkylation sites (tertiary alicyclic amines) is 1. The van der Waals surface area contributed by atoms with Gasteiger partial charge in [0.15, 0.2) is 0 Å². The summed E-state index contributed by atoms with van der Waals surface area (Å²) in [5, 5.41) is 0.136. The van der Waals surface area contributed by atoms with Crippen molar-refractivity contribution in [1.29, 1.82) is 0 Å². The van der Waals surface area contributed by atoms with Crippen molar-refractivity contribution >= 4 is 21.6 Å². The summed E-state index contributed by atoms with van der Waals surface area (Å²) in [6.45, 7) is 4.30. The first-order valence-electron chi connectivity index (χ1n) is 7.40. The molecule has 0 bridgehead atoms. The van der Waals surface area contributed by atoms with E-state index in [1.54, 1.807) is 12.1 Å². The van der Waals surface area contributed by atoms with E-state index in [2.05, 4.69) is 16.5 Å². The highest BCUT2D eigenvalue weighted by Crippen LogP contribution is 2.28. The van der Waals surface area contributed by atoms with Crippen molar-refractivity contribution < 1.29 is 12.8 Å². The number of hydrogen-bond donors (Lipinski definition) is 1. The minimum absolute atomic E-state index is 0.124. The fourth-order valence-electron chi connectivity index (χ4n) is 2.87. The lowest BCUT2D eigenvalue weighted by atomic mass is 9.95. The Labute approximate surface area is 136 Å². The number of sulfonamides is 1. The van der Waals surface area contributed by atoms with Crippen LogP contribution in [0.25, 0.3) is 0 Å². The van der Waals surface area contributed by atoms with Gasteiger partial charge >= 0.3 is 0 Å². The van der Waals surface area contributed by atoms with Gasteiger partial charge < -0.3 is 0 Å². The molecule has 2 rings (SSSR count). The Morgan fingerprint density at radius 3 is 2.86 bits per heavy atom. The summed E-state index contributed by atoms with van der Waals surface area (Å²) >= 11 is 5.86. The molecule has 1 N–H and O–H groups in total. The van der Waals surface area contributed by atoms with E-state index >= 15 is 0 Å². The van der Waals surface area contributed by atoms with Crippen LogP contribution in [-0.2, 0) is 10.0 Å². The van der Waals surface area contributed by atoms with E-state index in [-0.39, 0.29) is 11.1 Å². The molecular formula is C15H22ClFN2O2S. The third-order valence-corrected chi connectivity index (χ3v) is 5.14. The first-order valence-corrected chi connectivity index (χ1v) is 9.67. The molecule has 1 heterocycles. The highest BCUT2D eigenvalue weighted by atomic mass is 35.5. The van der Waals surface area contributed by atoms with Gasteiger partial charge in [-0.15, -0.1) is 0 Å². The lowest BCUT2D eigenvalue weighted by Gasteiger charge is -2.37. The Bertz CT molecular complexity index is 624. The van der Waals surface area contributed by atoms with Crippen molar-refractivity contribution in [2.75, 3.05) is 25.9 Å². The molecule has 0 unspecified atom stereocenters. The molecule has 1 aliphatic rings. The Kier molecular flexibility index (Phi) is 5.82. The molecule has 0 spiro atoms. The van der Waals surface area contributed by atoms with E-state index in [0.717, 1.165) is 31.5 Å². The van der Waals surface area contributed by atoms with E-state index in [0.29, 0.717) is 12.5 Å². The summed E-state index contributed by atoms with van der Waals surface area (Å²) in [4.78, 5) is 2.29. The SMILES string of the molecule is C[C@H](c1ccc(F)c(Cl)c1)N1CCC[C@@H](CNS(C)(=O)=O)C1. The van der Waals surface area contributed by atoms with E-state index in [9.17, 15) is 12.8 Å². The van der Waals surface area contributed by atoms with Gasteiger partial charge in [0.1, 0.15) is 5.82 Å². The zero-order valence-electron chi connectivity index (χ0n) is 12.9. The van der Waals surface area contributed by atoms with Crippen LogP contribution < -0.4 is 4.72 Å². The molecule has 1 fully saturated rings. The van der Waals surface area contributed by atoms with Crippen molar-refractivity contribution in [1.82, 2.24) is 9.62 Å². The number of halogens is 2. The standard InChI is InChI=1S/C15H22ClFN2O2S/c1-11(13-5-6-15(17)14(16)8-13)19-7-3-4-12(10-19)9-18-22(2,20)21/h5-6,8,11-12,18H,3-4,7,9-10H2,1-2H3/t11-,12+/m1/s1. The van der Waals surface area contributed by atoms with Crippen LogP contribution in [0, 0.1) is 11.7 Å². The molecule has 1 aromatic rings. The monoisotopic (exact) mass is 348 g/mol. The Morgan fingerprint density at radius 2 is 2.23 bits per heavy atom. The van der Waals surface area contributed by atoms with Crippen molar-refractivity contribution in [3.63, 3.8) is 0 Å². The topological polar surface area (TPSA) is 49.4 Å². The maximum atomic E-state index is 13.3. The van der Waals surface area contributed by atoms with Gasteiger partial charge in [-0.2, -0.15) is 0 Å². The molecule has 4 nitrogen and oxygen atoms in total. The van der Waals surface area contributed by atoms with Gasteiger partial charge in [0.2, 0.25) is 10.0 Å². The van der Waals surface area contributed by atoms with Crippen molar-refractivity contribution in [2.24, 2.45) is 5.92 Å². The molecule has 7 heteroatoms. The molecule has 124 valence electrons. The van der Waals surface area contributed by atoms with Crippen LogP contribution in [0.15, 0.2) is 18.2 Å². The van der Waals surface area contributed by atoms with Gasteiger partial charge in [-0.05, 0) is 49.9 Å². The molecule has 0 saturated carbocycles. The lowest BCUT2D eigenvalue weighted by Crippen LogP contribution is -2.41. The van der Waals surface area contributed by atoms with Gasteiger partial charge in [-0.3, -0.25) is 4.90 Å². The molecule has 1 aliphatic heterocycles. The predicted molar refractivity (Wildman–Crippen MR) is 87.0 cm³/mol. The molecule has 2 atom stereocenters. The highest BCUT2D eigenvalue weighted by molar-refractivity contribution is 7.88. The van der Waals surface area contributed by atoms with Crippen molar-refractivity contribution in [3.05, 3.63) is 34.6 Å². The minimum Gasteiger partial charge on any atom is -0.296 e. The second-order valence-corrected chi connectivity index (χ2v) is 8.21. The number of nitrogens with one attached hydrogen (secondary N) is 1. The molecule has 0 amide bonds. The van der Waals surface area contributed by atoms with Crippen LogP contribution in [0.4, 0.5) is 4.39 Å². The number of rotatable bonds is 5. The van der Waals surface area contributed by atoms with Gasteiger partial charge in [0, 0.05) is 19.1 Å². The van der Waals surface area contributed by atoms with Crippen LogP contribution in [0.1, 0.15) is 31.4 Å². The van der Waals surface area contributed by atoms with Gasteiger partial charge in [-0.25, -0.2) is 17.5 Å². The maximum absolute atomic E-state index is 13.3. The number of hydrogen-bond acceptors (Lipinski definition) is 3. The second-order valence-electron chi connectivity index (χ2n) is 5.97. The average Bonchev–Trinajstić information content (AvgIpc) is 2.47. The van der Waals surface area contributed by atoms with Crippen LogP contribution >= 0.6 is 11.6 Å². The smallest absolute Gasteiger partial charge is 0.208 e. The summed E-state index contributed by atoms with van der Waals surface area (Å²) in [6, 6.07) is 4.93. The highest BCUT2D eigenvalue weighted by Gasteiger charge is 2.25. The third-order valence-electron chi connectivity index (χ3n) is 4.16. The van der Waals surface area contributed by atoms with E-state index in [1.165, 1.54) is 12.3 Å². The zero-order valence-corrected chi connectivity index (χ0v) is 14.4. The van der Waals surface area contributed by atoms with Gasteiger partial charge in [0.05, 0.1) is 11.3 Å². The average molecular weight is 349 g/mol. The fraction of sp³-hybridized carbons (Fsp3) is 0.600. The second kappa shape index (κ2) is 7.25. The third kappa shape index (κ3) is 4.91. The normalized spacial score (nSPS) is 21.7. The molecule has 1 saturated heterocycles. The molecular weight excluding hydrogens is 327 g/mol. The lowest BCUT2D eigenvalue weighted by molar-refractivity contribution is 0.133. The summed E-state index contributed by atoms with van der Waals surface area (Å²) < 4.78 is 38.3. The number of benzene rings is 1. The Hall–Kier alpha value is -0.690. The van der Waals surface area contributed by atoms with Crippen LogP contribution in [0.3, 0.4) is 0 Å². The maximum Gasteiger partial charge on any atom is 0.208 e. The molecule has 1 aromatic carbocycles. The van der Waals surface area contributed by atoms with Gasteiger partial charge in [-0.1, -0.05) is 17.7 Å². The van der Waals surface area contributed by atoms with E-state index in [1.807, 2.05) is 0 Å². The summed E-state index contributed by atoms with van der Waals surface area (Å²) in [7, 11) is -3.15. The quantitative estimate of drug-likeness (QED) is 0.890. The summed E-state index contributed by atoms with van der Waals surface area (Å²) in [6.07, 6.45) is 3.21. The van der Waals surface area contributed by atoms with Crippen LogP contribution in [0.5, 0.6) is 0 Å². The van der Waals surface area contributed by atoms with E-state index in [4.69, 9.17) is 11.6 Å². The van der Waals surface area contributed by atoms with Crippen molar-refractivity contribution in [2.45, 2.75) is 25.8 Å². The summed E-state index contributed by atoms with van der Waals surface area (Å²) in [5.41, 5.74) is 0.975. The molecule has 0 aromatic heterocycles. The van der Waals surface area contributed by atoms with E-state index < -0.39 is 15.8 Å².